The molecule has 1 nitrogen and oxygen atoms in total. The molecule has 0 amide bonds. The highest BCUT2D eigenvalue weighted by Crippen LogP contribution is 2.38. The fourth-order valence-electron chi connectivity index (χ4n) is 4.37. The summed E-state index contributed by atoms with van der Waals surface area (Å²) in [5.74, 6) is 0. The normalized spacial score (nSPS) is 11.3. The molecule has 2 heteroatoms. The largest absolute Gasteiger partial charge is 0.455 e. The maximum Gasteiger partial charge on any atom is 0.143 e. The minimum absolute atomic E-state index is 0.912. The molecule has 0 saturated carbocycles. The quantitative estimate of drug-likeness (QED) is 0.249. The topological polar surface area (TPSA) is 13.1 Å². The van der Waals surface area contributed by atoms with Crippen molar-refractivity contribution in [2.75, 3.05) is 0 Å². The molecule has 0 aliphatic carbocycles. The third-order valence-corrected chi connectivity index (χ3v) is 6.43. The number of para-hydroxylation sites is 1. The number of rotatable bonds is 3. The maximum atomic E-state index is 6.39. The van der Waals surface area contributed by atoms with Crippen molar-refractivity contribution in [3.05, 3.63) is 120 Å². The number of furan rings is 1. The third-order valence-electron chi connectivity index (χ3n) is 5.94. The first-order chi connectivity index (χ1) is 15.8. The van der Waals surface area contributed by atoms with E-state index in [4.69, 9.17) is 4.42 Å². The Hall–Kier alpha value is -3.62. The van der Waals surface area contributed by atoms with E-state index in [1.165, 1.54) is 22.3 Å². The SMILES string of the molecule is Brc1cccc(-c2cccc(-c3cccc4c3oc3ccc(-c5ccccc5)cc34)c2)c1. The van der Waals surface area contributed by atoms with Gasteiger partial charge in [0.1, 0.15) is 11.2 Å². The molecule has 0 N–H and O–H groups in total. The van der Waals surface area contributed by atoms with Crippen LogP contribution in [0.25, 0.3) is 55.3 Å². The molecular weight excluding hydrogens is 456 g/mol. The van der Waals surface area contributed by atoms with Gasteiger partial charge < -0.3 is 4.42 Å². The lowest BCUT2D eigenvalue weighted by Gasteiger charge is -2.07. The second-order valence-corrected chi connectivity index (χ2v) is 8.87. The number of benzene rings is 5. The van der Waals surface area contributed by atoms with Gasteiger partial charge in [-0.25, -0.2) is 0 Å². The van der Waals surface area contributed by atoms with Gasteiger partial charge in [-0.3, -0.25) is 0 Å². The molecule has 0 aliphatic rings. The van der Waals surface area contributed by atoms with Gasteiger partial charge in [-0.2, -0.15) is 0 Å². The van der Waals surface area contributed by atoms with Gasteiger partial charge in [0.05, 0.1) is 0 Å². The van der Waals surface area contributed by atoms with Crippen molar-refractivity contribution in [2.24, 2.45) is 0 Å². The summed E-state index contributed by atoms with van der Waals surface area (Å²) in [6, 6.07) is 40.4. The van der Waals surface area contributed by atoms with Crippen molar-refractivity contribution >= 4 is 37.9 Å². The van der Waals surface area contributed by atoms with E-state index >= 15 is 0 Å². The fourth-order valence-corrected chi connectivity index (χ4v) is 4.77. The van der Waals surface area contributed by atoms with E-state index in [0.29, 0.717) is 0 Å². The summed E-state index contributed by atoms with van der Waals surface area (Å²) in [6.07, 6.45) is 0. The number of fused-ring (bicyclic) bond motifs is 3. The van der Waals surface area contributed by atoms with Gasteiger partial charge in [-0.05, 0) is 58.1 Å². The van der Waals surface area contributed by atoms with Crippen LogP contribution in [0, 0.1) is 0 Å². The van der Waals surface area contributed by atoms with Crippen LogP contribution in [-0.4, -0.2) is 0 Å². The van der Waals surface area contributed by atoms with Crippen molar-refractivity contribution in [3.63, 3.8) is 0 Å². The summed E-state index contributed by atoms with van der Waals surface area (Å²) in [6.45, 7) is 0. The predicted octanol–water partition coefficient (Wildman–Crippen LogP) is 9.35. The Balaban J connectivity index is 1.51. The van der Waals surface area contributed by atoms with Crippen molar-refractivity contribution < 1.29 is 4.42 Å². The Morgan fingerprint density at radius 3 is 2.00 bits per heavy atom. The standard InChI is InChI=1S/C30H19BrO/c31-25-12-5-10-22(18-25)21-9-4-11-24(17-21)26-13-6-14-27-28-19-23(20-7-2-1-3-8-20)15-16-29(28)32-30(26)27/h1-19H. The van der Waals surface area contributed by atoms with Crippen LogP contribution in [-0.2, 0) is 0 Å². The van der Waals surface area contributed by atoms with Crippen molar-refractivity contribution in [1.82, 2.24) is 0 Å². The van der Waals surface area contributed by atoms with Crippen LogP contribution >= 0.6 is 15.9 Å². The smallest absolute Gasteiger partial charge is 0.143 e. The van der Waals surface area contributed by atoms with Gasteiger partial charge in [-0.1, -0.05) is 101 Å². The van der Waals surface area contributed by atoms with E-state index < -0.39 is 0 Å². The van der Waals surface area contributed by atoms with Gasteiger partial charge in [0.25, 0.3) is 0 Å². The van der Waals surface area contributed by atoms with E-state index in [1.807, 2.05) is 12.1 Å². The molecule has 0 saturated heterocycles. The number of hydrogen-bond donors (Lipinski definition) is 0. The van der Waals surface area contributed by atoms with Crippen LogP contribution in [0.2, 0.25) is 0 Å². The second kappa shape index (κ2) is 7.81. The Bertz CT molecular complexity index is 1580. The first kappa shape index (κ1) is 19.1. The van der Waals surface area contributed by atoms with Crippen LogP contribution in [0.1, 0.15) is 0 Å². The molecule has 32 heavy (non-hydrogen) atoms. The molecule has 6 aromatic rings. The highest BCUT2D eigenvalue weighted by molar-refractivity contribution is 9.10. The van der Waals surface area contributed by atoms with E-state index in [-0.39, 0.29) is 0 Å². The molecule has 0 bridgehead atoms. The lowest BCUT2D eigenvalue weighted by Crippen LogP contribution is -1.82. The Labute approximate surface area is 195 Å². The van der Waals surface area contributed by atoms with E-state index in [9.17, 15) is 0 Å². The van der Waals surface area contributed by atoms with Crippen molar-refractivity contribution in [3.8, 4) is 33.4 Å². The molecule has 0 unspecified atom stereocenters. The zero-order valence-corrected chi connectivity index (χ0v) is 18.8. The lowest BCUT2D eigenvalue weighted by atomic mass is 9.97. The first-order valence-electron chi connectivity index (χ1n) is 10.6. The Kier molecular flexibility index (Phi) is 4.66. The van der Waals surface area contributed by atoms with E-state index in [2.05, 4.69) is 119 Å². The molecule has 5 aromatic carbocycles. The predicted molar refractivity (Wildman–Crippen MR) is 138 cm³/mol. The lowest BCUT2D eigenvalue weighted by molar-refractivity contribution is 0.670. The zero-order chi connectivity index (χ0) is 21.5. The van der Waals surface area contributed by atoms with Crippen LogP contribution in [0.5, 0.6) is 0 Å². The minimum atomic E-state index is 0.912. The molecule has 6 rings (SSSR count). The number of halogens is 1. The minimum Gasteiger partial charge on any atom is -0.455 e. The average molecular weight is 475 g/mol. The summed E-state index contributed by atoms with van der Waals surface area (Å²) in [5.41, 5.74) is 8.87. The number of hydrogen-bond acceptors (Lipinski definition) is 1. The summed E-state index contributed by atoms with van der Waals surface area (Å²) >= 11 is 3.58. The first-order valence-corrected chi connectivity index (χ1v) is 11.4. The van der Waals surface area contributed by atoms with Gasteiger partial charge in [-0.15, -0.1) is 0 Å². The van der Waals surface area contributed by atoms with Crippen molar-refractivity contribution in [1.29, 1.82) is 0 Å². The fraction of sp³-hybridized carbons (Fsp3) is 0. The zero-order valence-electron chi connectivity index (χ0n) is 17.3. The molecule has 1 aromatic heterocycles. The van der Waals surface area contributed by atoms with Gasteiger partial charge in [0.15, 0.2) is 0 Å². The summed E-state index contributed by atoms with van der Waals surface area (Å²) in [7, 11) is 0. The van der Waals surface area contributed by atoms with Crippen LogP contribution in [0.4, 0.5) is 0 Å². The molecule has 0 fully saturated rings. The average Bonchev–Trinajstić information content (AvgIpc) is 3.23. The molecular formula is C30H19BrO. The summed E-state index contributed by atoms with van der Waals surface area (Å²) < 4.78 is 7.46. The van der Waals surface area contributed by atoms with Crippen LogP contribution in [0.15, 0.2) is 124 Å². The highest BCUT2D eigenvalue weighted by Gasteiger charge is 2.13. The third kappa shape index (κ3) is 3.34. The van der Waals surface area contributed by atoms with E-state index in [1.54, 1.807) is 0 Å². The summed E-state index contributed by atoms with van der Waals surface area (Å²) in [5, 5.41) is 2.29. The van der Waals surface area contributed by atoms with Crippen LogP contribution < -0.4 is 0 Å². The monoisotopic (exact) mass is 474 g/mol. The molecule has 0 radical (unpaired) electrons. The van der Waals surface area contributed by atoms with Gasteiger partial charge in [0, 0.05) is 20.8 Å². The summed E-state index contributed by atoms with van der Waals surface area (Å²) in [4.78, 5) is 0. The highest BCUT2D eigenvalue weighted by atomic mass is 79.9. The Morgan fingerprint density at radius 1 is 0.469 bits per heavy atom. The molecule has 152 valence electrons. The molecule has 0 atom stereocenters. The molecule has 1 heterocycles. The van der Waals surface area contributed by atoms with E-state index in [0.717, 1.165) is 37.5 Å². The molecule has 0 spiro atoms. The van der Waals surface area contributed by atoms with Crippen LogP contribution in [0.3, 0.4) is 0 Å². The second-order valence-electron chi connectivity index (χ2n) is 7.95. The Morgan fingerprint density at radius 2 is 1.16 bits per heavy atom. The van der Waals surface area contributed by atoms with Gasteiger partial charge in [0.2, 0.25) is 0 Å². The van der Waals surface area contributed by atoms with Crippen molar-refractivity contribution in [2.45, 2.75) is 0 Å². The maximum absolute atomic E-state index is 6.39. The molecule has 0 aliphatic heterocycles. The van der Waals surface area contributed by atoms with Gasteiger partial charge >= 0.3 is 0 Å².